The number of carbonyl (C=O) groups excluding carboxylic acids is 1. The van der Waals surface area contributed by atoms with Crippen molar-refractivity contribution in [3.05, 3.63) is 53.6 Å². The molecule has 0 atom stereocenters. The summed E-state index contributed by atoms with van der Waals surface area (Å²) < 4.78 is 1.15. The second kappa shape index (κ2) is 5.27. The van der Waals surface area contributed by atoms with Crippen LogP contribution in [0, 0.1) is 0 Å². The Morgan fingerprint density at radius 2 is 1.80 bits per heavy atom. The molecule has 0 aliphatic rings. The van der Waals surface area contributed by atoms with Gasteiger partial charge in [-0.2, -0.15) is 0 Å². The number of nitrogens with one attached hydrogen (secondary N) is 1. The average Bonchev–Trinajstić information content (AvgIpc) is 2.78. The van der Waals surface area contributed by atoms with Gasteiger partial charge in [-0.25, -0.2) is 0 Å². The molecular formula is C16H12ClNOS. The molecule has 20 heavy (non-hydrogen) atoms. The maximum absolute atomic E-state index is 11.5. The monoisotopic (exact) mass is 301 g/mol. The van der Waals surface area contributed by atoms with E-state index in [9.17, 15) is 4.79 Å². The van der Waals surface area contributed by atoms with E-state index in [0.29, 0.717) is 5.02 Å². The third kappa shape index (κ3) is 2.42. The predicted octanol–water partition coefficient (Wildman–Crippen LogP) is 5.18. The zero-order valence-corrected chi connectivity index (χ0v) is 12.4. The average molecular weight is 302 g/mol. The summed E-state index contributed by atoms with van der Waals surface area (Å²) in [5.74, 6) is -0.0660. The molecule has 1 aromatic heterocycles. The van der Waals surface area contributed by atoms with Gasteiger partial charge in [0.2, 0.25) is 5.91 Å². The molecule has 0 unspecified atom stereocenters. The van der Waals surface area contributed by atoms with Crippen LogP contribution in [0.4, 0.5) is 5.69 Å². The number of amides is 1. The Bertz CT molecular complexity index is 777. The van der Waals surface area contributed by atoms with Crippen molar-refractivity contribution in [3.8, 4) is 10.4 Å². The molecule has 3 rings (SSSR count). The number of fused-ring (bicyclic) bond motifs is 1. The van der Waals surface area contributed by atoms with Gasteiger partial charge in [0.1, 0.15) is 0 Å². The molecular weight excluding hydrogens is 290 g/mol. The fraction of sp³-hybridized carbons (Fsp3) is 0.0625. The first-order valence-electron chi connectivity index (χ1n) is 6.20. The van der Waals surface area contributed by atoms with Crippen LogP contribution < -0.4 is 5.32 Å². The van der Waals surface area contributed by atoms with E-state index in [1.165, 1.54) is 6.92 Å². The molecule has 0 saturated carbocycles. The summed E-state index contributed by atoms with van der Waals surface area (Å²) in [4.78, 5) is 12.5. The number of halogens is 1. The van der Waals surface area contributed by atoms with Crippen LogP contribution in [0.2, 0.25) is 5.02 Å². The summed E-state index contributed by atoms with van der Waals surface area (Å²) in [6.45, 7) is 1.53. The Hall–Kier alpha value is -1.84. The number of hydrogen-bond donors (Lipinski definition) is 1. The van der Waals surface area contributed by atoms with Gasteiger partial charge in [0.25, 0.3) is 0 Å². The minimum atomic E-state index is -0.0660. The standard InChI is InChI=1S/C16H12ClNOS/c1-10(19)18-15-13-4-2-3-5-14(13)20-16(15)11-6-8-12(17)9-7-11/h2-9H,1H3,(H,18,19). The van der Waals surface area contributed by atoms with Crippen LogP contribution in [0.25, 0.3) is 20.5 Å². The van der Waals surface area contributed by atoms with Crippen LogP contribution in [0.1, 0.15) is 6.92 Å². The van der Waals surface area contributed by atoms with Gasteiger partial charge in [-0.15, -0.1) is 11.3 Å². The van der Waals surface area contributed by atoms with Crippen LogP contribution >= 0.6 is 22.9 Å². The lowest BCUT2D eigenvalue weighted by molar-refractivity contribution is -0.114. The van der Waals surface area contributed by atoms with E-state index >= 15 is 0 Å². The van der Waals surface area contributed by atoms with Crippen molar-refractivity contribution in [2.24, 2.45) is 0 Å². The molecule has 1 amide bonds. The minimum Gasteiger partial charge on any atom is -0.325 e. The van der Waals surface area contributed by atoms with Gasteiger partial charge in [0.05, 0.1) is 10.6 Å². The Balaban J connectivity index is 2.23. The molecule has 2 nitrogen and oxygen atoms in total. The van der Waals surface area contributed by atoms with Crippen LogP contribution in [-0.4, -0.2) is 5.91 Å². The van der Waals surface area contributed by atoms with Crippen molar-refractivity contribution in [1.82, 2.24) is 0 Å². The zero-order valence-electron chi connectivity index (χ0n) is 10.8. The molecule has 0 saturated heterocycles. The Morgan fingerprint density at radius 1 is 1.10 bits per heavy atom. The van der Waals surface area contributed by atoms with Crippen molar-refractivity contribution in [2.45, 2.75) is 6.92 Å². The molecule has 0 radical (unpaired) electrons. The molecule has 1 N–H and O–H groups in total. The van der Waals surface area contributed by atoms with E-state index in [2.05, 4.69) is 11.4 Å². The SMILES string of the molecule is CC(=O)Nc1c(-c2ccc(Cl)cc2)sc2ccccc12. The number of carbonyl (C=O) groups is 1. The molecule has 3 aromatic rings. The van der Waals surface area contributed by atoms with E-state index in [1.54, 1.807) is 11.3 Å². The zero-order chi connectivity index (χ0) is 14.1. The van der Waals surface area contributed by atoms with E-state index < -0.39 is 0 Å². The summed E-state index contributed by atoms with van der Waals surface area (Å²) in [7, 11) is 0. The lowest BCUT2D eigenvalue weighted by atomic mass is 10.1. The van der Waals surface area contributed by atoms with Crippen molar-refractivity contribution < 1.29 is 4.79 Å². The molecule has 2 aromatic carbocycles. The second-order valence-corrected chi connectivity index (χ2v) is 5.98. The lowest BCUT2D eigenvalue weighted by Gasteiger charge is -2.05. The highest BCUT2D eigenvalue weighted by atomic mass is 35.5. The van der Waals surface area contributed by atoms with E-state index in [-0.39, 0.29) is 5.91 Å². The van der Waals surface area contributed by atoms with E-state index in [1.807, 2.05) is 42.5 Å². The summed E-state index contributed by atoms with van der Waals surface area (Å²) in [6.07, 6.45) is 0. The van der Waals surface area contributed by atoms with Gasteiger partial charge in [0.15, 0.2) is 0 Å². The first-order valence-corrected chi connectivity index (χ1v) is 7.39. The fourth-order valence-corrected chi connectivity index (χ4v) is 3.44. The number of thiophene rings is 1. The van der Waals surface area contributed by atoms with E-state index in [4.69, 9.17) is 11.6 Å². The first-order chi connectivity index (χ1) is 9.65. The van der Waals surface area contributed by atoms with Gasteiger partial charge >= 0.3 is 0 Å². The molecule has 100 valence electrons. The predicted molar refractivity (Wildman–Crippen MR) is 86.6 cm³/mol. The van der Waals surface area contributed by atoms with Crippen molar-refractivity contribution in [3.63, 3.8) is 0 Å². The van der Waals surface area contributed by atoms with Crippen molar-refractivity contribution in [2.75, 3.05) is 5.32 Å². The molecule has 0 fully saturated rings. The highest BCUT2D eigenvalue weighted by molar-refractivity contribution is 7.23. The van der Waals surface area contributed by atoms with Gasteiger partial charge < -0.3 is 5.32 Å². The van der Waals surface area contributed by atoms with Crippen LogP contribution in [0.3, 0.4) is 0 Å². The molecule has 0 spiro atoms. The third-order valence-corrected chi connectivity index (χ3v) is 4.47. The highest BCUT2D eigenvalue weighted by Crippen LogP contribution is 2.42. The van der Waals surface area contributed by atoms with Gasteiger partial charge in [-0.1, -0.05) is 41.9 Å². The number of rotatable bonds is 2. The quantitative estimate of drug-likeness (QED) is 0.694. The topological polar surface area (TPSA) is 29.1 Å². The first kappa shape index (κ1) is 13.2. The number of hydrogen-bond acceptors (Lipinski definition) is 2. The van der Waals surface area contributed by atoms with Gasteiger partial charge in [0, 0.05) is 22.0 Å². The molecule has 0 aliphatic heterocycles. The maximum atomic E-state index is 11.5. The summed E-state index contributed by atoms with van der Waals surface area (Å²) in [5.41, 5.74) is 1.93. The summed E-state index contributed by atoms with van der Waals surface area (Å²) in [6, 6.07) is 15.7. The van der Waals surface area contributed by atoms with Gasteiger partial charge in [-0.05, 0) is 23.8 Å². The summed E-state index contributed by atoms with van der Waals surface area (Å²) >= 11 is 7.60. The third-order valence-electron chi connectivity index (χ3n) is 3.00. The Labute approximate surface area is 126 Å². The number of benzene rings is 2. The largest absolute Gasteiger partial charge is 0.325 e. The van der Waals surface area contributed by atoms with Crippen LogP contribution in [0.5, 0.6) is 0 Å². The normalized spacial score (nSPS) is 10.7. The molecule has 0 bridgehead atoms. The van der Waals surface area contributed by atoms with Gasteiger partial charge in [-0.3, -0.25) is 4.79 Å². The fourth-order valence-electron chi connectivity index (χ4n) is 2.15. The lowest BCUT2D eigenvalue weighted by Crippen LogP contribution is -2.05. The van der Waals surface area contributed by atoms with Crippen LogP contribution in [0.15, 0.2) is 48.5 Å². The van der Waals surface area contributed by atoms with Crippen molar-refractivity contribution >= 4 is 44.6 Å². The Morgan fingerprint density at radius 3 is 2.50 bits per heavy atom. The van der Waals surface area contributed by atoms with Crippen LogP contribution in [-0.2, 0) is 4.79 Å². The minimum absolute atomic E-state index is 0.0660. The Kier molecular flexibility index (Phi) is 3.47. The smallest absolute Gasteiger partial charge is 0.221 e. The number of anilines is 1. The molecule has 4 heteroatoms. The van der Waals surface area contributed by atoms with E-state index in [0.717, 1.165) is 26.2 Å². The van der Waals surface area contributed by atoms with Crippen molar-refractivity contribution in [1.29, 1.82) is 0 Å². The maximum Gasteiger partial charge on any atom is 0.221 e. The molecule has 0 aliphatic carbocycles. The summed E-state index contributed by atoms with van der Waals surface area (Å²) in [5, 5.41) is 4.72. The molecule has 1 heterocycles. The second-order valence-electron chi connectivity index (χ2n) is 4.49. The highest BCUT2D eigenvalue weighted by Gasteiger charge is 2.14.